The van der Waals surface area contributed by atoms with Gasteiger partial charge >= 0.3 is 0 Å². The van der Waals surface area contributed by atoms with E-state index in [1.165, 1.54) is 0 Å². The third-order valence-electron chi connectivity index (χ3n) is 2.99. The highest BCUT2D eigenvalue weighted by atomic mass is 16.2. The van der Waals surface area contributed by atoms with Crippen molar-refractivity contribution in [2.45, 2.75) is 19.9 Å². The van der Waals surface area contributed by atoms with E-state index in [0.717, 1.165) is 16.8 Å². The maximum absolute atomic E-state index is 12.1. The summed E-state index contributed by atoms with van der Waals surface area (Å²) in [6, 6.07) is 6.95. The summed E-state index contributed by atoms with van der Waals surface area (Å²) >= 11 is 0. The second-order valence-corrected chi connectivity index (χ2v) is 4.68. The third-order valence-corrected chi connectivity index (χ3v) is 2.99. The van der Waals surface area contributed by atoms with Crippen molar-refractivity contribution in [1.29, 1.82) is 0 Å². The van der Waals surface area contributed by atoms with Crippen molar-refractivity contribution in [1.82, 2.24) is 9.78 Å². The van der Waals surface area contributed by atoms with E-state index < -0.39 is 6.04 Å². The van der Waals surface area contributed by atoms with Crippen LogP contribution in [0, 0.1) is 13.8 Å². The van der Waals surface area contributed by atoms with E-state index in [0.29, 0.717) is 5.69 Å². The Bertz CT molecular complexity index is 586. The monoisotopic (exact) mass is 258 g/mol. The molecule has 1 amide bonds. The molecule has 19 heavy (non-hydrogen) atoms. The number of aromatic nitrogens is 2. The van der Waals surface area contributed by atoms with Crippen molar-refractivity contribution >= 4 is 11.6 Å². The molecule has 0 aliphatic heterocycles. The van der Waals surface area contributed by atoms with Gasteiger partial charge in [0.15, 0.2) is 0 Å². The lowest BCUT2D eigenvalue weighted by molar-refractivity contribution is -0.117. The molecule has 0 spiro atoms. The van der Waals surface area contributed by atoms with Crippen LogP contribution in [0.4, 0.5) is 5.69 Å². The molecule has 5 nitrogen and oxygen atoms in total. The molecular formula is C14H18N4O. The lowest BCUT2D eigenvalue weighted by Crippen LogP contribution is -2.27. The molecular weight excluding hydrogens is 240 g/mol. The van der Waals surface area contributed by atoms with Gasteiger partial charge in [0.05, 0.1) is 11.4 Å². The van der Waals surface area contributed by atoms with Gasteiger partial charge in [0.25, 0.3) is 0 Å². The van der Waals surface area contributed by atoms with Crippen molar-refractivity contribution in [3.05, 3.63) is 47.3 Å². The van der Waals surface area contributed by atoms with E-state index in [-0.39, 0.29) is 5.91 Å². The molecule has 5 heteroatoms. The van der Waals surface area contributed by atoms with Gasteiger partial charge in [-0.25, -0.2) is 0 Å². The number of nitrogens with two attached hydrogens (primary N) is 1. The first-order valence-electron chi connectivity index (χ1n) is 6.10. The average molecular weight is 258 g/mol. The van der Waals surface area contributed by atoms with Crippen molar-refractivity contribution in [3.8, 4) is 0 Å². The number of amides is 1. The SMILES string of the molecule is Cc1ccc(C(N)C(=O)Nc2cn(C)nc2C)cc1. The number of rotatable bonds is 3. The van der Waals surface area contributed by atoms with Crippen LogP contribution >= 0.6 is 0 Å². The second kappa shape index (κ2) is 5.24. The molecule has 1 atom stereocenters. The van der Waals surface area contributed by atoms with Crippen LogP contribution in [-0.4, -0.2) is 15.7 Å². The van der Waals surface area contributed by atoms with E-state index >= 15 is 0 Å². The number of nitrogens with zero attached hydrogens (tertiary/aromatic N) is 2. The largest absolute Gasteiger partial charge is 0.322 e. The van der Waals surface area contributed by atoms with Gasteiger partial charge in [-0.3, -0.25) is 9.48 Å². The fraction of sp³-hybridized carbons (Fsp3) is 0.286. The summed E-state index contributed by atoms with van der Waals surface area (Å²) in [6.07, 6.45) is 1.76. The first-order valence-corrected chi connectivity index (χ1v) is 6.10. The Hall–Kier alpha value is -2.14. The Kier molecular flexibility index (Phi) is 3.66. The molecule has 1 unspecified atom stereocenters. The van der Waals surface area contributed by atoms with E-state index in [9.17, 15) is 4.79 Å². The zero-order chi connectivity index (χ0) is 14.0. The summed E-state index contributed by atoms with van der Waals surface area (Å²) in [5.74, 6) is -0.236. The van der Waals surface area contributed by atoms with Crippen LogP contribution < -0.4 is 11.1 Å². The molecule has 0 aliphatic carbocycles. The van der Waals surface area contributed by atoms with Gasteiger partial charge < -0.3 is 11.1 Å². The van der Waals surface area contributed by atoms with Gasteiger partial charge in [-0.2, -0.15) is 5.10 Å². The number of carbonyl (C=O) groups excluding carboxylic acids is 1. The number of carbonyl (C=O) groups is 1. The molecule has 2 aromatic rings. The van der Waals surface area contributed by atoms with Crippen LogP contribution in [0.25, 0.3) is 0 Å². The fourth-order valence-electron chi connectivity index (χ4n) is 1.86. The Morgan fingerprint density at radius 2 is 1.95 bits per heavy atom. The molecule has 1 aromatic carbocycles. The molecule has 0 fully saturated rings. The normalized spacial score (nSPS) is 12.2. The smallest absolute Gasteiger partial charge is 0.245 e. The fourth-order valence-corrected chi connectivity index (χ4v) is 1.86. The van der Waals surface area contributed by atoms with Crippen LogP contribution in [0.3, 0.4) is 0 Å². The van der Waals surface area contributed by atoms with Crippen LogP contribution in [-0.2, 0) is 11.8 Å². The van der Waals surface area contributed by atoms with Crippen LogP contribution in [0.15, 0.2) is 30.5 Å². The maximum atomic E-state index is 12.1. The summed E-state index contributed by atoms with van der Waals surface area (Å²) in [5.41, 5.74) is 9.35. The number of hydrogen-bond acceptors (Lipinski definition) is 3. The Morgan fingerprint density at radius 3 is 2.47 bits per heavy atom. The number of nitrogens with one attached hydrogen (secondary N) is 1. The number of anilines is 1. The predicted molar refractivity (Wildman–Crippen MR) is 74.7 cm³/mol. The molecule has 2 rings (SSSR count). The van der Waals surface area contributed by atoms with E-state index in [1.54, 1.807) is 10.9 Å². The first kappa shape index (κ1) is 13.3. The highest BCUT2D eigenvalue weighted by Crippen LogP contribution is 2.16. The molecule has 0 bridgehead atoms. The number of hydrogen-bond donors (Lipinski definition) is 2. The van der Waals surface area contributed by atoms with E-state index in [4.69, 9.17) is 5.73 Å². The lowest BCUT2D eigenvalue weighted by atomic mass is 10.1. The average Bonchev–Trinajstić information content (AvgIpc) is 2.68. The Morgan fingerprint density at radius 1 is 1.32 bits per heavy atom. The minimum Gasteiger partial charge on any atom is -0.322 e. The van der Waals surface area contributed by atoms with Crippen LogP contribution in [0.2, 0.25) is 0 Å². The minimum atomic E-state index is -0.680. The van der Waals surface area contributed by atoms with E-state index in [2.05, 4.69) is 10.4 Å². The van der Waals surface area contributed by atoms with Gasteiger partial charge in [0.2, 0.25) is 5.91 Å². The van der Waals surface area contributed by atoms with Gasteiger partial charge in [-0.05, 0) is 19.4 Å². The number of aryl methyl sites for hydroxylation is 3. The topological polar surface area (TPSA) is 72.9 Å². The lowest BCUT2D eigenvalue weighted by Gasteiger charge is -2.12. The quantitative estimate of drug-likeness (QED) is 0.879. The van der Waals surface area contributed by atoms with Gasteiger partial charge in [0.1, 0.15) is 6.04 Å². The minimum absolute atomic E-state index is 0.236. The summed E-state index contributed by atoms with van der Waals surface area (Å²) in [7, 11) is 1.81. The standard InChI is InChI=1S/C14H18N4O/c1-9-4-6-11(7-5-9)13(15)14(19)16-12-8-18(3)17-10(12)2/h4-8,13H,15H2,1-3H3,(H,16,19). The Balaban J connectivity index is 2.11. The van der Waals surface area contributed by atoms with Crippen LogP contribution in [0.5, 0.6) is 0 Å². The molecule has 1 heterocycles. The highest BCUT2D eigenvalue weighted by Gasteiger charge is 2.17. The molecule has 0 aliphatic rings. The van der Waals surface area contributed by atoms with E-state index in [1.807, 2.05) is 45.2 Å². The summed E-state index contributed by atoms with van der Waals surface area (Å²) < 4.78 is 1.66. The van der Waals surface area contributed by atoms with Crippen molar-refractivity contribution in [2.75, 3.05) is 5.32 Å². The van der Waals surface area contributed by atoms with Gasteiger partial charge in [-0.1, -0.05) is 29.8 Å². The molecule has 0 saturated carbocycles. The third kappa shape index (κ3) is 3.00. The zero-order valence-electron chi connectivity index (χ0n) is 11.3. The molecule has 100 valence electrons. The van der Waals surface area contributed by atoms with Crippen molar-refractivity contribution in [3.63, 3.8) is 0 Å². The predicted octanol–water partition coefficient (Wildman–Crippen LogP) is 1.68. The Labute approximate surface area is 112 Å². The second-order valence-electron chi connectivity index (χ2n) is 4.68. The van der Waals surface area contributed by atoms with Crippen molar-refractivity contribution in [2.24, 2.45) is 12.8 Å². The van der Waals surface area contributed by atoms with Crippen LogP contribution in [0.1, 0.15) is 22.9 Å². The summed E-state index contributed by atoms with van der Waals surface area (Å²) in [6.45, 7) is 3.83. The molecule has 0 saturated heterocycles. The van der Waals surface area contributed by atoms with Gasteiger partial charge in [0, 0.05) is 13.2 Å². The molecule has 3 N–H and O–H groups in total. The van der Waals surface area contributed by atoms with Crippen molar-refractivity contribution < 1.29 is 4.79 Å². The first-order chi connectivity index (χ1) is 8.97. The number of benzene rings is 1. The molecule has 0 radical (unpaired) electrons. The zero-order valence-corrected chi connectivity index (χ0v) is 11.3. The van der Waals surface area contributed by atoms with Gasteiger partial charge in [-0.15, -0.1) is 0 Å². The summed E-state index contributed by atoms with van der Waals surface area (Å²) in [5, 5.41) is 6.97. The maximum Gasteiger partial charge on any atom is 0.245 e. The highest BCUT2D eigenvalue weighted by molar-refractivity contribution is 5.95. The summed E-state index contributed by atoms with van der Waals surface area (Å²) in [4.78, 5) is 12.1. The molecule has 1 aromatic heterocycles.